The molecule has 40 heavy (non-hydrogen) atoms. The molecular weight excluding hydrogens is 532 g/mol. The number of halogens is 1. The van der Waals surface area contributed by atoms with E-state index >= 15 is 0 Å². The van der Waals surface area contributed by atoms with E-state index in [0.717, 1.165) is 0 Å². The third-order valence-corrected chi connectivity index (χ3v) is 9.26. The molecule has 3 aliphatic heterocycles. The van der Waals surface area contributed by atoms with Crippen molar-refractivity contribution in [2.75, 3.05) is 24.7 Å². The second-order valence-corrected chi connectivity index (χ2v) is 11.8. The number of fused-ring (bicyclic) bond motifs is 1. The van der Waals surface area contributed by atoms with Gasteiger partial charge in [-0.3, -0.25) is 14.4 Å². The number of hydrogen-bond acceptors (Lipinski definition) is 6. The Labute approximate surface area is 241 Å². The van der Waals surface area contributed by atoms with Gasteiger partial charge in [0.15, 0.2) is 0 Å². The number of aliphatic hydroxyl groups excluding tert-OH is 1. The molecule has 218 valence electrons. The van der Waals surface area contributed by atoms with Gasteiger partial charge >= 0.3 is 5.97 Å². The fourth-order valence-electron chi connectivity index (χ4n) is 7.02. The van der Waals surface area contributed by atoms with Crippen molar-refractivity contribution in [1.82, 2.24) is 4.90 Å². The van der Waals surface area contributed by atoms with Gasteiger partial charge in [0.25, 0.3) is 5.91 Å². The highest BCUT2D eigenvalue weighted by molar-refractivity contribution is 6.34. The van der Waals surface area contributed by atoms with E-state index in [1.165, 1.54) is 9.80 Å². The summed E-state index contributed by atoms with van der Waals surface area (Å²) in [6.07, 6.45) is 6.17. The van der Waals surface area contributed by atoms with Crippen molar-refractivity contribution in [2.45, 2.75) is 76.2 Å². The molecule has 3 saturated heterocycles. The van der Waals surface area contributed by atoms with Crippen molar-refractivity contribution in [3.8, 4) is 0 Å². The minimum Gasteiger partial charge on any atom is -0.465 e. The Kier molecular flexibility index (Phi) is 9.12. The van der Waals surface area contributed by atoms with Crippen LogP contribution in [0.5, 0.6) is 0 Å². The predicted molar refractivity (Wildman–Crippen MR) is 154 cm³/mol. The van der Waals surface area contributed by atoms with Crippen LogP contribution in [0.15, 0.2) is 49.6 Å². The minimum atomic E-state index is -1.24. The lowest BCUT2D eigenvalue weighted by Gasteiger charge is -2.40. The van der Waals surface area contributed by atoms with Crippen LogP contribution in [0.25, 0.3) is 0 Å². The van der Waals surface area contributed by atoms with Gasteiger partial charge in [0.05, 0.1) is 41.5 Å². The van der Waals surface area contributed by atoms with Crippen LogP contribution in [0.3, 0.4) is 0 Å². The summed E-state index contributed by atoms with van der Waals surface area (Å²) in [5.74, 6) is -3.11. The number of ether oxygens (including phenoxy) is 2. The second kappa shape index (κ2) is 12.0. The van der Waals surface area contributed by atoms with Gasteiger partial charge in [-0.25, -0.2) is 0 Å². The molecule has 1 N–H and O–H groups in total. The van der Waals surface area contributed by atoms with Crippen molar-refractivity contribution in [1.29, 1.82) is 0 Å². The van der Waals surface area contributed by atoms with Crippen LogP contribution in [0.1, 0.15) is 52.9 Å². The third kappa shape index (κ3) is 4.78. The molecule has 8 nitrogen and oxygen atoms in total. The number of esters is 1. The number of carbonyl (C=O) groups excluding carboxylic acids is 3. The number of rotatable bonds is 13. The number of anilines is 1. The van der Waals surface area contributed by atoms with Crippen molar-refractivity contribution < 1.29 is 29.0 Å². The maximum Gasteiger partial charge on any atom is 0.312 e. The number of aliphatic hydroxyl groups is 1. The quantitative estimate of drug-likeness (QED) is 0.212. The van der Waals surface area contributed by atoms with Gasteiger partial charge in [-0.2, -0.15) is 0 Å². The lowest BCUT2D eigenvalue weighted by molar-refractivity contribution is -0.162. The zero-order chi connectivity index (χ0) is 29.2. The fourth-order valence-corrected chi connectivity index (χ4v) is 7.25. The topological polar surface area (TPSA) is 96.4 Å². The first-order chi connectivity index (χ1) is 19.1. The van der Waals surface area contributed by atoms with Gasteiger partial charge < -0.3 is 24.4 Å². The van der Waals surface area contributed by atoms with Gasteiger partial charge in [-0.15, -0.1) is 13.2 Å². The van der Waals surface area contributed by atoms with E-state index in [1.54, 1.807) is 36.4 Å². The number of likely N-dealkylation sites (tertiary alicyclic amines) is 1. The summed E-state index contributed by atoms with van der Waals surface area (Å²) in [6, 6.07) is 5.30. The summed E-state index contributed by atoms with van der Waals surface area (Å²) in [4.78, 5) is 45.7. The molecular formula is C31H41ClN2O6. The van der Waals surface area contributed by atoms with Crippen LogP contribution in [0.2, 0.25) is 5.02 Å². The summed E-state index contributed by atoms with van der Waals surface area (Å²) in [6.45, 7) is 13.3. The van der Waals surface area contributed by atoms with Gasteiger partial charge in [0, 0.05) is 6.54 Å². The normalized spacial score (nSPS) is 29.4. The van der Waals surface area contributed by atoms with E-state index in [9.17, 15) is 19.5 Å². The van der Waals surface area contributed by atoms with E-state index in [1.807, 2.05) is 20.8 Å². The molecule has 0 radical (unpaired) electrons. The fraction of sp³-hybridized carbons (Fsp3) is 0.581. The van der Waals surface area contributed by atoms with Gasteiger partial charge in [0.1, 0.15) is 17.6 Å². The number of amides is 2. The van der Waals surface area contributed by atoms with Gasteiger partial charge in [-0.1, -0.05) is 56.7 Å². The van der Waals surface area contributed by atoms with Crippen molar-refractivity contribution in [2.24, 2.45) is 17.8 Å². The first kappa shape index (κ1) is 30.3. The lowest BCUT2D eigenvalue weighted by atomic mass is 9.65. The Bertz CT molecular complexity index is 1160. The summed E-state index contributed by atoms with van der Waals surface area (Å²) in [5, 5.41) is 10.8. The molecule has 1 aromatic rings. The molecule has 2 bridgehead atoms. The summed E-state index contributed by atoms with van der Waals surface area (Å²) >= 11 is 6.53. The van der Waals surface area contributed by atoms with Crippen LogP contribution >= 0.6 is 11.6 Å². The van der Waals surface area contributed by atoms with Crippen LogP contribution in [0.4, 0.5) is 5.69 Å². The molecule has 3 fully saturated rings. The maximum absolute atomic E-state index is 14.7. The van der Waals surface area contributed by atoms with Crippen LogP contribution < -0.4 is 4.90 Å². The molecule has 1 aromatic carbocycles. The van der Waals surface area contributed by atoms with Crippen LogP contribution in [-0.4, -0.2) is 70.8 Å². The number of carbonyl (C=O) groups is 3. The molecule has 0 aliphatic carbocycles. The Morgan fingerprint density at radius 1 is 1.27 bits per heavy atom. The van der Waals surface area contributed by atoms with Gasteiger partial charge in [0.2, 0.25) is 5.91 Å². The van der Waals surface area contributed by atoms with Crippen LogP contribution in [0, 0.1) is 17.8 Å². The average Bonchev–Trinajstić information content (AvgIpc) is 3.54. The molecule has 9 heteroatoms. The lowest BCUT2D eigenvalue weighted by Crippen LogP contribution is -2.60. The smallest absolute Gasteiger partial charge is 0.312 e. The number of allylic oxidation sites excluding steroid dienone is 1. The van der Waals surface area contributed by atoms with Crippen molar-refractivity contribution >= 4 is 35.1 Å². The highest BCUT2D eigenvalue weighted by atomic mass is 35.5. The summed E-state index contributed by atoms with van der Waals surface area (Å²) in [7, 11) is 0. The summed E-state index contributed by atoms with van der Waals surface area (Å²) in [5.41, 5.74) is -1.65. The molecule has 2 unspecified atom stereocenters. The molecule has 2 amide bonds. The SMILES string of the molecule is C=CCCCOC(=O)[C@H]1[C@H]2C(=O)N([C@@H](CO)C(C)C)C(C(=O)N(CC=C)c3ccccc3Cl)C23CC[C@]1(CC)O3. The van der Waals surface area contributed by atoms with E-state index in [4.69, 9.17) is 21.1 Å². The zero-order valence-electron chi connectivity index (χ0n) is 23.7. The van der Waals surface area contributed by atoms with Crippen molar-refractivity contribution in [3.05, 3.63) is 54.6 Å². The largest absolute Gasteiger partial charge is 0.465 e. The van der Waals surface area contributed by atoms with E-state index < -0.39 is 41.1 Å². The molecule has 0 saturated carbocycles. The maximum atomic E-state index is 14.7. The molecule has 0 aromatic heterocycles. The monoisotopic (exact) mass is 572 g/mol. The summed E-state index contributed by atoms with van der Waals surface area (Å²) < 4.78 is 12.5. The first-order valence-electron chi connectivity index (χ1n) is 14.2. The molecule has 3 aliphatic rings. The first-order valence-corrected chi connectivity index (χ1v) is 14.6. The Morgan fingerprint density at radius 3 is 2.60 bits per heavy atom. The number of benzene rings is 1. The molecule has 4 rings (SSSR count). The van der Waals surface area contributed by atoms with E-state index in [-0.39, 0.29) is 37.5 Å². The highest BCUT2D eigenvalue weighted by Crippen LogP contribution is 2.65. The third-order valence-electron chi connectivity index (χ3n) is 8.94. The standard InChI is InChI=1S/C31H41ClN2O6/c1-6-9-12-18-39-29(38)25-24-27(36)34(23(19-35)20(4)5)26(31(24)16-15-30(25,8-3)40-31)28(37)33(17-7-2)22-14-11-10-13-21(22)32/h6-7,10-11,13-14,20,23-26,35H,1-2,8-9,12,15-19H2,3-5H3/t23-,24-,25+,26?,30-,31?/m0/s1. The van der Waals surface area contributed by atoms with E-state index in [2.05, 4.69) is 13.2 Å². The Balaban J connectivity index is 1.83. The van der Waals surface area contributed by atoms with Gasteiger partial charge in [-0.05, 0) is 50.2 Å². The number of unbranched alkanes of at least 4 members (excludes halogenated alkanes) is 1. The average molecular weight is 573 g/mol. The van der Waals surface area contributed by atoms with E-state index in [0.29, 0.717) is 42.8 Å². The molecule has 1 spiro atoms. The van der Waals surface area contributed by atoms with Crippen LogP contribution in [-0.2, 0) is 23.9 Å². The Morgan fingerprint density at radius 2 is 2.00 bits per heavy atom. The van der Waals surface area contributed by atoms with Crippen molar-refractivity contribution in [3.63, 3.8) is 0 Å². The Hall–Kier alpha value is -2.68. The molecule has 3 heterocycles. The molecule has 6 atom stereocenters. The predicted octanol–water partition coefficient (Wildman–Crippen LogP) is 4.54. The zero-order valence-corrected chi connectivity index (χ0v) is 24.4. The number of nitrogens with zero attached hydrogens (tertiary/aromatic N) is 2. The number of para-hydroxylation sites is 1. The highest BCUT2D eigenvalue weighted by Gasteiger charge is 2.79. The second-order valence-electron chi connectivity index (χ2n) is 11.4. The minimum absolute atomic E-state index is 0.154. The number of hydrogen-bond donors (Lipinski definition) is 1.